The molecule has 1 fully saturated rings. The highest BCUT2D eigenvalue weighted by atomic mass is 15.3. The van der Waals surface area contributed by atoms with Crippen molar-refractivity contribution in [3.63, 3.8) is 0 Å². The largest absolute Gasteiger partial charge is 0.353 e. The van der Waals surface area contributed by atoms with Gasteiger partial charge < -0.3 is 15.5 Å². The molecule has 0 spiro atoms. The maximum atomic E-state index is 5.72. The van der Waals surface area contributed by atoms with Crippen LogP contribution < -0.4 is 10.6 Å². The van der Waals surface area contributed by atoms with Gasteiger partial charge in [-0.2, -0.15) is 0 Å². The van der Waals surface area contributed by atoms with Crippen molar-refractivity contribution in [2.24, 2.45) is 5.73 Å². The lowest BCUT2D eigenvalue weighted by molar-refractivity contribution is 0.229. The molecule has 1 aromatic rings. The molecule has 0 amide bonds. The van der Waals surface area contributed by atoms with Crippen LogP contribution in [0.3, 0.4) is 0 Å². The van der Waals surface area contributed by atoms with Crippen LogP contribution in [0.2, 0.25) is 0 Å². The first-order chi connectivity index (χ1) is 9.20. The molecule has 106 valence electrons. The normalized spacial score (nSPS) is 17.2. The zero-order valence-electron chi connectivity index (χ0n) is 11.9. The molecule has 1 saturated heterocycles. The molecule has 1 aliphatic rings. The highest BCUT2D eigenvalue weighted by Gasteiger charge is 2.19. The zero-order valence-corrected chi connectivity index (χ0v) is 11.9. The van der Waals surface area contributed by atoms with Gasteiger partial charge in [0.05, 0.1) is 5.69 Å². The molecular formula is C13H24N6. The van der Waals surface area contributed by atoms with Crippen molar-refractivity contribution in [1.82, 2.24) is 19.8 Å². The van der Waals surface area contributed by atoms with Crippen molar-refractivity contribution in [2.75, 3.05) is 58.3 Å². The van der Waals surface area contributed by atoms with E-state index >= 15 is 0 Å². The summed E-state index contributed by atoms with van der Waals surface area (Å²) in [5.74, 6) is 0.956. The molecule has 0 atom stereocenters. The molecule has 6 heteroatoms. The molecule has 0 unspecified atom stereocenters. The van der Waals surface area contributed by atoms with Crippen molar-refractivity contribution in [3.8, 4) is 0 Å². The minimum Gasteiger partial charge on any atom is -0.353 e. The molecule has 2 N–H and O–H groups in total. The van der Waals surface area contributed by atoms with E-state index < -0.39 is 0 Å². The third-order valence-electron chi connectivity index (χ3n) is 3.48. The molecule has 0 aromatic carbocycles. The summed E-state index contributed by atoms with van der Waals surface area (Å²) in [4.78, 5) is 15.7. The third-order valence-corrected chi connectivity index (χ3v) is 3.48. The fourth-order valence-corrected chi connectivity index (χ4v) is 2.29. The second-order valence-corrected chi connectivity index (χ2v) is 5.16. The molecule has 0 saturated carbocycles. The van der Waals surface area contributed by atoms with Gasteiger partial charge in [0.1, 0.15) is 0 Å². The average Bonchev–Trinajstić information content (AvgIpc) is 2.45. The maximum absolute atomic E-state index is 5.72. The summed E-state index contributed by atoms with van der Waals surface area (Å²) in [6.45, 7) is 6.84. The lowest BCUT2D eigenvalue weighted by Gasteiger charge is -2.36. The van der Waals surface area contributed by atoms with E-state index in [0.717, 1.165) is 50.8 Å². The maximum Gasteiger partial charge on any atom is 0.151 e. The van der Waals surface area contributed by atoms with E-state index in [2.05, 4.69) is 38.8 Å². The van der Waals surface area contributed by atoms with Gasteiger partial charge in [-0.1, -0.05) is 0 Å². The van der Waals surface area contributed by atoms with Gasteiger partial charge in [0.15, 0.2) is 5.82 Å². The average molecular weight is 264 g/mol. The fraction of sp³-hybridized carbons (Fsp3) is 0.692. The van der Waals surface area contributed by atoms with Crippen LogP contribution in [-0.2, 0) is 6.54 Å². The molecule has 2 rings (SSSR count). The lowest BCUT2D eigenvalue weighted by Crippen LogP contribution is -2.48. The Balaban J connectivity index is 1.89. The summed E-state index contributed by atoms with van der Waals surface area (Å²) in [5.41, 5.74) is 6.61. The van der Waals surface area contributed by atoms with Crippen LogP contribution in [0.15, 0.2) is 12.4 Å². The molecule has 19 heavy (non-hydrogen) atoms. The summed E-state index contributed by atoms with van der Waals surface area (Å²) in [6, 6.07) is 0. The Morgan fingerprint density at radius 1 is 1.16 bits per heavy atom. The van der Waals surface area contributed by atoms with Gasteiger partial charge in [0.2, 0.25) is 0 Å². The van der Waals surface area contributed by atoms with Crippen molar-refractivity contribution in [2.45, 2.75) is 6.54 Å². The number of hydrogen-bond acceptors (Lipinski definition) is 6. The van der Waals surface area contributed by atoms with E-state index in [1.54, 1.807) is 12.4 Å². The zero-order chi connectivity index (χ0) is 13.7. The summed E-state index contributed by atoms with van der Waals surface area (Å²) >= 11 is 0. The highest BCUT2D eigenvalue weighted by Crippen LogP contribution is 2.16. The van der Waals surface area contributed by atoms with E-state index in [1.807, 2.05) is 0 Å². The number of nitrogens with zero attached hydrogens (tertiary/aromatic N) is 5. The molecule has 1 aliphatic heterocycles. The van der Waals surface area contributed by atoms with Crippen LogP contribution in [0.25, 0.3) is 0 Å². The first-order valence-electron chi connectivity index (χ1n) is 6.82. The van der Waals surface area contributed by atoms with E-state index in [4.69, 9.17) is 5.73 Å². The minimum absolute atomic E-state index is 0.448. The number of piperazine rings is 1. The topological polar surface area (TPSA) is 61.5 Å². The first kappa shape index (κ1) is 14.2. The predicted octanol–water partition coefficient (Wildman–Crippen LogP) is -0.381. The Morgan fingerprint density at radius 3 is 2.47 bits per heavy atom. The Hall–Kier alpha value is -1.24. The quantitative estimate of drug-likeness (QED) is 0.782. The second-order valence-electron chi connectivity index (χ2n) is 5.16. The van der Waals surface area contributed by atoms with E-state index in [0.29, 0.717) is 6.54 Å². The smallest absolute Gasteiger partial charge is 0.151 e. The van der Waals surface area contributed by atoms with Crippen LogP contribution in [0.5, 0.6) is 0 Å². The number of aromatic nitrogens is 2. The van der Waals surface area contributed by atoms with Gasteiger partial charge in [0.25, 0.3) is 0 Å². The standard InChI is InChI=1S/C13H24N6/c1-17(2)5-6-18-7-9-19(10-8-18)13-12(11-14)15-3-4-16-13/h3-4H,5-11,14H2,1-2H3. The Bertz CT molecular complexity index is 386. The Labute approximate surface area is 115 Å². The van der Waals surface area contributed by atoms with Crippen LogP contribution in [0.4, 0.5) is 5.82 Å². The first-order valence-corrected chi connectivity index (χ1v) is 6.82. The van der Waals surface area contributed by atoms with E-state index in [9.17, 15) is 0 Å². The molecule has 6 nitrogen and oxygen atoms in total. The van der Waals surface area contributed by atoms with Gasteiger partial charge in [-0.05, 0) is 14.1 Å². The van der Waals surface area contributed by atoms with Gasteiger partial charge >= 0.3 is 0 Å². The number of hydrogen-bond donors (Lipinski definition) is 1. The Morgan fingerprint density at radius 2 is 1.84 bits per heavy atom. The SMILES string of the molecule is CN(C)CCN1CCN(c2nccnc2CN)CC1. The van der Waals surface area contributed by atoms with Crippen LogP contribution >= 0.6 is 0 Å². The molecule has 1 aromatic heterocycles. The molecule has 0 radical (unpaired) electrons. The van der Waals surface area contributed by atoms with E-state index in [-0.39, 0.29) is 0 Å². The van der Waals surface area contributed by atoms with Crippen LogP contribution in [-0.4, -0.2) is 73.1 Å². The molecule has 0 aliphatic carbocycles. The minimum atomic E-state index is 0.448. The van der Waals surface area contributed by atoms with E-state index in [1.165, 1.54) is 0 Å². The van der Waals surface area contributed by atoms with Crippen LogP contribution in [0, 0.1) is 0 Å². The second kappa shape index (κ2) is 6.79. The van der Waals surface area contributed by atoms with Gasteiger partial charge in [-0.3, -0.25) is 9.88 Å². The summed E-state index contributed by atoms with van der Waals surface area (Å²) in [5, 5.41) is 0. The van der Waals surface area contributed by atoms with Crippen molar-refractivity contribution < 1.29 is 0 Å². The van der Waals surface area contributed by atoms with Crippen LogP contribution in [0.1, 0.15) is 5.69 Å². The van der Waals surface area contributed by atoms with Crippen molar-refractivity contribution >= 4 is 5.82 Å². The third kappa shape index (κ3) is 3.86. The number of likely N-dealkylation sites (N-methyl/N-ethyl adjacent to an activating group) is 1. The number of nitrogens with two attached hydrogens (primary N) is 1. The lowest BCUT2D eigenvalue weighted by atomic mass is 10.3. The number of rotatable bonds is 5. The molecule has 0 bridgehead atoms. The Kier molecular flexibility index (Phi) is 5.07. The fourth-order valence-electron chi connectivity index (χ4n) is 2.29. The van der Waals surface area contributed by atoms with Gasteiger partial charge in [-0.25, -0.2) is 4.98 Å². The summed E-state index contributed by atoms with van der Waals surface area (Å²) in [6.07, 6.45) is 3.45. The highest BCUT2D eigenvalue weighted by molar-refractivity contribution is 5.43. The van der Waals surface area contributed by atoms with Gasteiger partial charge in [-0.15, -0.1) is 0 Å². The van der Waals surface area contributed by atoms with Crippen molar-refractivity contribution in [1.29, 1.82) is 0 Å². The van der Waals surface area contributed by atoms with Gasteiger partial charge in [0, 0.05) is 58.2 Å². The summed E-state index contributed by atoms with van der Waals surface area (Å²) < 4.78 is 0. The predicted molar refractivity (Wildman–Crippen MR) is 77.1 cm³/mol. The molecular weight excluding hydrogens is 240 g/mol. The molecule has 2 heterocycles. The number of anilines is 1. The van der Waals surface area contributed by atoms with Crippen molar-refractivity contribution in [3.05, 3.63) is 18.1 Å². The monoisotopic (exact) mass is 264 g/mol. The summed E-state index contributed by atoms with van der Waals surface area (Å²) in [7, 11) is 4.23.